The van der Waals surface area contributed by atoms with Crippen LogP contribution in [0, 0.1) is 11.6 Å². The summed E-state index contributed by atoms with van der Waals surface area (Å²) in [6.45, 7) is 3.01. The van der Waals surface area contributed by atoms with Crippen molar-refractivity contribution in [1.82, 2.24) is 9.97 Å². The van der Waals surface area contributed by atoms with Gasteiger partial charge in [0.1, 0.15) is 11.5 Å². The average Bonchev–Trinajstić information content (AvgIpc) is 2.38. The Hall–Kier alpha value is -1.93. The normalized spacial score (nSPS) is 11.5. The Morgan fingerprint density at radius 2 is 2.14 bits per heavy atom. The summed E-state index contributed by atoms with van der Waals surface area (Å²) in [5.74, 6) is -1.53. The van der Waals surface area contributed by atoms with E-state index in [4.69, 9.17) is 0 Å². The van der Waals surface area contributed by atoms with Crippen molar-refractivity contribution in [3.8, 4) is 0 Å². The Kier molecular flexibility index (Phi) is 4.82. The van der Waals surface area contributed by atoms with Crippen LogP contribution in [0.25, 0.3) is 0 Å². The fourth-order valence-corrected chi connectivity index (χ4v) is 2.54. The molecule has 5 nitrogen and oxygen atoms in total. The van der Waals surface area contributed by atoms with Gasteiger partial charge in [-0.2, -0.15) is 0 Å². The number of hydrogen-bond donors (Lipinski definition) is 3. The van der Waals surface area contributed by atoms with E-state index < -0.39 is 22.9 Å². The minimum Gasteiger partial charge on any atom is -0.372 e. The van der Waals surface area contributed by atoms with E-state index in [1.807, 2.05) is 0 Å². The number of rotatable bonds is 5. The Balaban J connectivity index is 2.16. The number of H-pyrrole nitrogens is 1. The number of nitrogens with zero attached hydrogens (tertiary/aromatic N) is 1. The van der Waals surface area contributed by atoms with Crippen molar-refractivity contribution in [2.45, 2.75) is 30.5 Å². The van der Waals surface area contributed by atoms with Crippen LogP contribution < -0.4 is 10.9 Å². The predicted molar refractivity (Wildman–Crippen MR) is 80.7 cm³/mol. The van der Waals surface area contributed by atoms with Crippen molar-refractivity contribution >= 4 is 17.6 Å². The van der Waals surface area contributed by atoms with Gasteiger partial charge in [-0.25, -0.2) is 13.8 Å². The van der Waals surface area contributed by atoms with Crippen molar-refractivity contribution in [2.75, 3.05) is 5.32 Å². The number of aromatic nitrogens is 2. The summed E-state index contributed by atoms with van der Waals surface area (Å²) in [7, 11) is 0. The van der Waals surface area contributed by atoms with Gasteiger partial charge in [-0.15, -0.1) is 0 Å². The topological polar surface area (TPSA) is 78.0 Å². The number of aromatic amines is 1. The first-order valence-corrected chi connectivity index (χ1v) is 7.41. The van der Waals surface area contributed by atoms with Crippen LogP contribution in [0.4, 0.5) is 14.6 Å². The first-order valence-electron chi connectivity index (χ1n) is 6.42. The molecule has 2 aromatic rings. The van der Waals surface area contributed by atoms with E-state index >= 15 is 0 Å². The van der Waals surface area contributed by atoms with Crippen molar-refractivity contribution in [3.05, 3.63) is 51.8 Å². The number of thioether (sulfide) groups is 1. The first-order chi connectivity index (χ1) is 10.2. The van der Waals surface area contributed by atoms with Gasteiger partial charge < -0.3 is 15.4 Å². The monoisotopic (exact) mass is 327 g/mol. The number of anilines is 1. The highest BCUT2D eigenvalue weighted by atomic mass is 32.2. The molecule has 2 rings (SSSR count). The summed E-state index contributed by atoms with van der Waals surface area (Å²) in [5.41, 5.74) is -1.48. The van der Waals surface area contributed by atoms with Gasteiger partial charge in [0.05, 0.1) is 0 Å². The Morgan fingerprint density at radius 1 is 1.41 bits per heavy atom. The maximum atomic E-state index is 13.6. The van der Waals surface area contributed by atoms with Crippen LogP contribution >= 0.6 is 11.8 Å². The molecule has 0 aliphatic rings. The second-order valence-electron chi connectivity index (χ2n) is 5.12. The highest BCUT2D eigenvalue weighted by Gasteiger charge is 2.14. The fourth-order valence-electron chi connectivity index (χ4n) is 1.69. The molecule has 3 N–H and O–H groups in total. The van der Waals surface area contributed by atoms with Gasteiger partial charge in [0.15, 0.2) is 16.8 Å². The molecule has 1 aromatic heterocycles. The second kappa shape index (κ2) is 6.45. The summed E-state index contributed by atoms with van der Waals surface area (Å²) in [4.78, 5) is 18.2. The number of halogens is 2. The number of benzene rings is 1. The largest absolute Gasteiger partial charge is 0.372 e. The standard InChI is InChI=1S/C14H15F2N3O2S/c1-14(2,21)19-10-6-11(20)18-13(17-10)22-7-8-4-3-5-9(15)12(8)16/h3-6,21H,7H2,1-2H3,(H2,17,18,19,20). The minimum absolute atomic E-state index is 0.110. The molecule has 22 heavy (non-hydrogen) atoms. The highest BCUT2D eigenvalue weighted by molar-refractivity contribution is 7.98. The van der Waals surface area contributed by atoms with E-state index in [0.717, 1.165) is 17.8 Å². The van der Waals surface area contributed by atoms with E-state index in [1.165, 1.54) is 32.0 Å². The number of hydrogen-bond acceptors (Lipinski definition) is 5. The van der Waals surface area contributed by atoms with Crippen molar-refractivity contribution in [1.29, 1.82) is 0 Å². The summed E-state index contributed by atoms with van der Waals surface area (Å²) in [5, 5.41) is 12.6. The average molecular weight is 327 g/mol. The van der Waals surface area contributed by atoms with Crippen molar-refractivity contribution in [2.24, 2.45) is 0 Å². The van der Waals surface area contributed by atoms with Crippen LogP contribution in [-0.4, -0.2) is 20.8 Å². The molecule has 0 fully saturated rings. The van der Waals surface area contributed by atoms with Gasteiger partial charge in [0.2, 0.25) is 0 Å². The molecular weight excluding hydrogens is 312 g/mol. The summed E-state index contributed by atoms with van der Waals surface area (Å²) >= 11 is 1.06. The maximum absolute atomic E-state index is 13.6. The Labute approximate surface area is 129 Å². The van der Waals surface area contributed by atoms with E-state index in [1.54, 1.807) is 0 Å². The third kappa shape index (κ3) is 4.54. The summed E-state index contributed by atoms with van der Waals surface area (Å²) < 4.78 is 26.7. The van der Waals surface area contributed by atoms with Crippen LogP contribution in [0.3, 0.4) is 0 Å². The van der Waals surface area contributed by atoms with E-state index in [2.05, 4.69) is 15.3 Å². The van der Waals surface area contributed by atoms with Gasteiger partial charge in [-0.05, 0) is 19.9 Å². The Morgan fingerprint density at radius 3 is 2.82 bits per heavy atom. The van der Waals surface area contributed by atoms with Crippen LogP contribution in [-0.2, 0) is 5.75 Å². The molecule has 0 unspecified atom stereocenters. The Bertz CT molecular complexity index is 729. The molecule has 0 bridgehead atoms. The lowest BCUT2D eigenvalue weighted by molar-refractivity contribution is 0.111. The third-order valence-corrected chi connectivity index (χ3v) is 3.47. The molecule has 0 atom stereocenters. The van der Waals surface area contributed by atoms with Gasteiger partial charge in [0.25, 0.3) is 5.56 Å². The molecule has 0 amide bonds. The molecule has 0 saturated carbocycles. The smallest absolute Gasteiger partial charge is 0.253 e. The van der Waals surface area contributed by atoms with Crippen LogP contribution in [0.5, 0.6) is 0 Å². The third-order valence-electron chi connectivity index (χ3n) is 2.55. The van der Waals surface area contributed by atoms with E-state index in [-0.39, 0.29) is 22.3 Å². The molecule has 0 aliphatic heterocycles. The van der Waals surface area contributed by atoms with Crippen molar-refractivity contribution < 1.29 is 13.9 Å². The second-order valence-corrected chi connectivity index (χ2v) is 6.09. The molecule has 8 heteroatoms. The van der Waals surface area contributed by atoms with Gasteiger partial charge in [0, 0.05) is 17.4 Å². The molecule has 1 heterocycles. The van der Waals surface area contributed by atoms with Gasteiger partial charge in [-0.3, -0.25) is 4.79 Å². The quantitative estimate of drug-likeness (QED) is 0.447. The number of nitrogens with one attached hydrogen (secondary N) is 2. The minimum atomic E-state index is -1.24. The van der Waals surface area contributed by atoms with E-state index in [0.29, 0.717) is 0 Å². The van der Waals surface area contributed by atoms with E-state index in [9.17, 15) is 18.7 Å². The molecule has 0 spiro atoms. The molecular formula is C14H15F2N3O2S. The molecule has 0 radical (unpaired) electrons. The lowest BCUT2D eigenvalue weighted by atomic mass is 10.2. The molecule has 118 valence electrons. The zero-order valence-electron chi connectivity index (χ0n) is 12.0. The molecule has 0 aliphatic carbocycles. The number of aliphatic hydroxyl groups is 1. The zero-order valence-corrected chi connectivity index (χ0v) is 12.8. The predicted octanol–water partition coefficient (Wildman–Crippen LogP) is 2.48. The van der Waals surface area contributed by atoms with Gasteiger partial charge >= 0.3 is 0 Å². The lowest BCUT2D eigenvalue weighted by Crippen LogP contribution is -2.31. The van der Waals surface area contributed by atoms with Crippen LogP contribution in [0.2, 0.25) is 0 Å². The lowest BCUT2D eigenvalue weighted by Gasteiger charge is -2.19. The first kappa shape index (κ1) is 16.4. The highest BCUT2D eigenvalue weighted by Crippen LogP contribution is 2.22. The SMILES string of the molecule is CC(C)(O)Nc1cc(=O)[nH]c(SCc2cccc(F)c2F)n1. The molecule has 1 aromatic carbocycles. The van der Waals surface area contributed by atoms with Crippen LogP contribution in [0.15, 0.2) is 34.2 Å². The van der Waals surface area contributed by atoms with Crippen LogP contribution in [0.1, 0.15) is 19.4 Å². The van der Waals surface area contributed by atoms with Crippen molar-refractivity contribution in [3.63, 3.8) is 0 Å². The van der Waals surface area contributed by atoms with Gasteiger partial charge in [-0.1, -0.05) is 23.9 Å². The molecule has 0 saturated heterocycles. The fraction of sp³-hybridized carbons (Fsp3) is 0.286. The summed E-state index contributed by atoms with van der Waals surface area (Å²) in [6, 6.07) is 5.11. The maximum Gasteiger partial charge on any atom is 0.253 e. The zero-order chi connectivity index (χ0) is 16.3. The summed E-state index contributed by atoms with van der Waals surface area (Å²) in [6.07, 6.45) is 0.